The highest BCUT2D eigenvalue weighted by Gasteiger charge is 2.25. The molecule has 172 valence electrons. The second-order valence-corrected chi connectivity index (χ2v) is 8.94. The average Bonchev–Trinajstić information content (AvgIpc) is 2.88. The first-order chi connectivity index (χ1) is 16.6. The summed E-state index contributed by atoms with van der Waals surface area (Å²) in [6.45, 7) is 5.66. The molecule has 34 heavy (non-hydrogen) atoms. The van der Waals surface area contributed by atoms with E-state index in [4.69, 9.17) is 14.7 Å². The van der Waals surface area contributed by atoms with E-state index < -0.39 is 0 Å². The first-order valence-corrected chi connectivity index (χ1v) is 11.7. The largest absolute Gasteiger partial charge is 0.370 e. The molecule has 6 nitrogen and oxygen atoms in total. The molecular formula is C27H26FN5O. The van der Waals surface area contributed by atoms with Crippen LogP contribution in [0.3, 0.4) is 0 Å². The maximum absolute atomic E-state index is 14.0. The molecule has 1 atom stereocenters. The molecule has 4 aromatic rings. The minimum atomic E-state index is -0.275. The Balaban J connectivity index is 1.28. The Morgan fingerprint density at radius 3 is 2.76 bits per heavy atom. The monoisotopic (exact) mass is 455 g/mol. The first-order valence-electron chi connectivity index (χ1n) is 11.7. The Kier molecular flexibility index (Phi) is 5.34. The summed E-state index contributed by atoms with van der Waals surface area (Å²) in [5.74, 6) is 1.20. The van der Waals surface area contributed by atoms with Crippen LogP contribution in [0.1, 0.15) is 28.7 Å². The number of aryl methyl sites for hydroxylation is 1. The minimum Gasteiger partial charge on any atom is -0.370 e. The summed E-state index contributed by atoms with van der Waals surface area (Å²) in [5, 5.41) is 0.747. The van der Waals surface area contributed by atoms with E-state index in [0.717, 1.165) is 54.2 Å². The van der Waals surface area contributed by atoms with E-state index in [1.807, 2.05) is 19.2 Å². The molecule has 0 amide bonds. The van der Waals surface area contributed by atoms with Crippen molar-refractivity contribution in [3.05, 3.63) is 89.3 Å². The lowest BCUT2D eigenvalue weighted by atomic mass is 10.0. The highest BCUT2D eigenvalue weighted by atomic mass is 19.1. The normalized spacial score (nSPS) is 18.2. The van der Waals surface area contributed by atoms with Crippen LogP contribution < -0.4 is 9.80 Å². The molecule has 0 unspecified atom stereocenters. The second kappa shape index (κ2) is 8.65. The lowest BCUT2D eigenvalue weighted by Gasteiger charge is -2.36. The van der Waals surface area contributed by atoms with Crippen molar-refractivity contribution in [1.29, 1.82) is 0 Å². The molecule has 0 radical (unpaired) electrons. The SMILES string of the molecule is Cc1nc(N2CCc3ncc(N4CCO[C@@H](c5ccccc5)C4)cc3C2)c2cc(F)ccc2n1. The van der Waals surface area contributed by atoms with E-state index in [9.17, 15) is 4.39 Å². The van der Waals surface area contributed by atoms with Crippen molar-refractivity contribution in [2.75, 3.05) is 36.0 Å². The molecule has 1 saturated heterocycles. The summed E-state index contributed by atoms with van der Waals surface area (Å²) in [6, 6.07) is 17.3. The van der Waals surface area contributed by atoms with Crippen LogP contribution in [0.5, 0.6) is 0 Å². The van der Waals surface area contributed by atoms with Gasteiger partial charge in [0.2, 0.25) is 0 Å². The topological polar surface area (TPSA) is 54.4 Å². The van der Waals surface area contributed by atoms with Crippen molar-refractivity contribution in [2.45, 2.75) is 26.0 Å². The minimum absolute atomic E-state index is 0.0488. The maximum atomic E-state index is 14.0. The highest BCUT2D eigenvalue weighted by molar-refractivity contribution is 5.89. The maximum Gasteiger partial charge on any atom is 0.140 e. The van der Waals surface area contributed by atoms with Crippen LogP contribution in [0.2, 0.25) is 0 Å². The third kappa shape index (κ3) is 3.96. The molecular weight excluding hydrogens is 429 g/mol. The van der Waals surface area contributed by atoms with E-state index in [1.54, 1.807) is 6.07 Å². The molecule has 2 aliphatic heterocycles. The van der Waals surface area contributed by atoms with Crippen LogP contribution in [0.15, 0.2) is 60.8 Å². The van der Waals surface area contributed by atoms with Gasteiger partial charge in [-0.05, 0) is 42.3 Å². The number of aromatic nitrogens is 3. The van der Waals surface area contributed by atoms with Crippen molar-refractivity contribution in [3.8, 4) is 0 Å². The summed E-state index contributed by atoms with van der Waals surface area (Å²) < 4.78 is 20.1. The zero-order valence-corrected chi connectivity index (χ0v) is 19.1. The van der Waals surface area contributed by atoms with Gasteiger partial charge < -0.3 is 14.5 Å². The summed E-state index contributed by atoms with van der Waals surface area (Å²) in [6.07, 6.45) is 2.86. The standard InChI is InChI=1S/C27H26FN5O/c1-18-30-25-8-7-21(28)14-23(25)27(31-18)33-10-9-24-20(16-33)13-22(15-29-24)32-11-12-34-26(17-32)19-5-3-2-4-6-19/h2-8,13-15,26H,9-12,16-17H2,1H3/t26-/m1/s1. The predicted molar refractivity (Wildman–Crippen MR) is 131 cm³/mol. The van der Waals surface area contributed by atoms with Crippen molar-refractivity contribution in [2.24, 2.45) is 0 Å². The predicted octanol–water partition coefficient (Wildman–Crippen LogP) is 4.61. The highest BCUT2D eigenvalue weighted by Crippen LogP contribution is 2.32. The third-order valence-electron chi connectivity index (χ3n) is 6.68. The van der Waals surface area contributed by atoms with Crippen LogP contribution >= 0.6 is 0 Å². The fourth-order valence-electron chi connectivity index (χ4n) is 4.96. The van der Waals surface area contributed by atoms with Crippen molar-refractivity contribution in [1.82, 2.24) is 15.0 Å². The Bertz CT molecular complexity index is 1350. The van der Waals surface area contributed by atoms with Crippen LogP contribution in [-0.2, 0) is 17.7 Å². The van der Waals surface area contributed by atoms with Crippen molar-refractivity contribution < 1.29 is 9.13 Å². The number of fused-ring (bicyclic) bond motifs is 2. The number of pyridine rings is 1. The molecule has 0 saturated carbocycles. The van der Waals surface area contributed by atoms with E-state index in [0.29, 0.717) is 19.0 Å². The first kappa shape index (κ1) is 21.0. The Morgan fingerprint density at radius 2 is 1.88 bits per heavy atom. The molecule has 2 aromatic carbocycles. The Morgan fingerprint density at radius 1 is 1.00 bits per heavy atom. The van der Waals surface area contributed by atoms with Gasteiger partial charge >= 0.3 is 0 Å². The van der Waals surface area contributed by atoms with Gasteiger partial charge in [0.15, 0.2) is 0 Å². The van der Waals surface area contributed by atoms with Crippen LogP contribution in [0, 0.1) is 12.7 Å². The Hall–Kier alpha value is -3.58. The van der Waals surface area contributed by atoms with Crippen molar-refractivity contribution in [3.63, 3.8) is 0 Å². The van der Waals surface area contributed by atoms with E-state index in [1.165, 1.54) is 23.3 Å². The molecule has 0 bridgehead atoms. The summed E-state index contributed by atoms with van der Waals surface area (Å²) >= 11 is 0. The summed E-state index contributed by atoms with van der Waals surface area (Å²) in [7, 11) is 0. The molecule has 7 heteroatoms. The number of rotatable bonds is 3. The van der Waals surface area contributed by atoms with Gasteiger partial charge in [0.05, 0.1) is 24.0 Å². The fourth-order valence-corrected chi connectivity index (χ4v) is 4.96. The second-order valence-electron chi connectivity index (χ2n) is 8.94. The van der Waals surface area contributed by atoms with E-state index >= 15 is 0 Å². The summed E-state index contributed by atoms with van der Waals surface area (Å²) in [5.41, 5.74) is 5.38. The summed E-state index contributed by atoms with van der Waals surface area (Å²) in [4.78, 5) is 18.6. The lowest BCUT2D eigenvalue weighted by molar-refractivity contribution is 0.0398. The van der Waals surface area contributed by atoms with Gasteiger partial charge in [-0.25, -0.2) is 14.4 Å². The lowest BCUT2D eigenvalue weighted by Crippen LogP contribution is -2.39. The van der Waals surface area contributed by atoms with Gasteiger partial charge in [0.25, 0.3) is 0 Å². The third-order valence-corrected chi connectivity index (χ3v) is 6.68. The van der Waals surface area contributed by atoms with E-state index in [-0.39, 0.29) is 11.9 Å². The van der Waals surface area contributed by atoms with Crippen LogP contribution in [0.4, 0.5) is 15.9 Å². The van der Waals surface area contributed by atoms with Gasteiger partial charge in [0, 0.05) is 43.7 Å². The van der Waals surface area contributed by atoms with Crippen LogP contribution in [-0.4, -0.2) is 41.2 Å². The number of hydrogen-bond acceptors (Lipinski definition) is 6. The van der Waals surface area contributed by atoms with Gasteiger partial charge in [-0.1, -0.05) is 30.3 Å². The quantitative estimate of drug-likeness (QED) is 0.450. The van der Waals surface area contributed by atoms with Gasteiger partial charge in [-0.3, -0.25) is 4.98 Å². The number of halogens is 1. The average molecular weight is 456 g/mol. The number of anilines is 2. The number of morpholine rings is 1. The number of nitrogens with zero attached hydrogens (tertiary/aromatic N) is 5. The zero-order valence-electron chi connectivity index (χ0n) is 19.1. The smallest absolute Gasteiger partial charge is 0.140 e. The molecule has 0 N–H and O–H groups in total. The molecule has 1 fully saturated rings. The molecule has 0 aliphatic carbocycles. The van der Waals surface area contributed by atoms with Gasteiger partial charge in [-0.2, -0.15) is 0 Å². The number of hydrogen-bond donors (Lipinski definition) is 0. The molecule has 6 rings (SSSR count). The Labute approximate surface area is 198 Å². The fraction of sp³-hybridized carbons (Fsp3) is 0.296. The van der Waals surface area contributed by atoms with E-state index in [2.05, 4.69) is 45.1 Å². The van der Waals surface area contributed by atoms with Crippen LogP contribution in [0.25, 0.3) is 10.9 Å². The number of ether oxygens (including phenoxy) is 1. The molecule has 2 aliphatic rings. The van der Waals surface area contributed by atoms with Gasteiger partial charge in [-0.15, -0.1) is 0 Å². The molecule has 0 spiro atoms. The number of benzene rings is 2. The van der Waals surface area contributed by atoms with Gasteiger partial charge in [0.1, 0.15) is 23.6 Å². The molecule has 4 heterocycles. The molecule has 2 aromatic heterocycles. The van der Waals surface area contributed by atoms with Crippen molar-refractivity contribution >= 4 is 22.4 Å². The zero-order chi connectivity index (χ0) is 23.1.